The molecular weight excluding hydrogens is 981 g/mol. The van der Waals surface area contributed by atoms with Crippen LogP contribution in [0.5, 0.6) is 0 Å². The predicted molar refractivity (Wildman–Crippen MR) is 336 cm³/mol. The molecule has 0 bridgehead atoms. The highest BCUT2D eigenvalue weighted by atomic mass is 32.1. The lowest BCUT2D eigenvalue weighted by Gasteiger charge is -2.21. The van der Waals surface area contributed by atoms with Gasteiger partial charge in [-0.25, -0.2) is 0 Å². The molecule has 0 saturated carbocycles. The van der Waals surface area contributed by atoms with Crippen LogP contribution in [0.15, 0.2) is 218 Å². The number of aromatic nitrogens is 2. The minimum atomic E-state index is -0.0659. The van der Waals surface area contributed by atoms with Crippen molar-refractivity contribution in [1.29, 1.82) is 0 Å². The smallest absolute Gasteiger partial charge is 0.0719 e. The average molecular weight is 1030 g/mol. The zero-order chi connectivity index (χ0) is 51.5. The van der Waals surface area contributed by atoms with E-state index in [0.29, 0.717) is 0 Å². The van der Waals surface area contributed by atoms with Gasteiger partial charge in [0.15, 0.2) is 0 Å². The van der Waals surface area contributed by atoms with Gasteiger partial charge in [0.25, 0.3) is 0 Å². The first-order chi connectivity index (χ1) is 38.2. The number of hydrogen-bond acceptors (Lipinski definition) is 2. The SMILES string of the molecule is CC1(C)c2ccccc2-c2cc(-n3c4ccc5c(-c6ccc7sc8c(c7c6)c6ccccc6c6c8c7ccccc7n6-c6ccc7c(c6)-c6ccccc6C7(C)C)cccc5c4c4ccc5c6ccccc6sc5c43)ccc21. The molecule has 0 unspecified atom stereocenters. The lowest BCUT2D eigenvalue weighted by atomic mass is 9.82. The number of benzene rings is 12. The summed E-state index contributed by atoms with van der Waals surface area (Å²) in [6.45, 7) is 9.48. The molecule has 0 spiro atoms. The van der Waals surface area contributed by atoms with Gasteiger partial charge in [0, 0.05) is 84.8 Å². The molecule has 0 fully saturated rings. The van der Waals surface area contributed by atoms with Crippen LogP contribution in [0.3, 0.4) is 0 Å². The predicted octanol–water partition coefficient (Wildman–Crippen LogP) is 21.2. The summed E-state index contributed by atoms with van der Waals surface area (Å²) in [4.78, 5) is 0. The molecule has 4 heteroatoms. The lowest BCUT2D eigenvalue weighted by molar-refractivity contribution is 0.660. The van der Waals surface area contributed by atoms with Crippen LogP contribution in [0.2, 0.25) is 0 Å². The molecule has 0 amide bonds. The van der Waals surface area contributed by atoms with Crippen molar-refractivity contribution in [3.8, 4) is 44.8 Å². The Bertz CT molecular complexity index is 5400. The maximum absolute atomic E-state index is 2.58. The van der Waals surface area contributed by atoms with Gasteiger partial charge < -0.3 is 9.13 Å². The van der Waals surface area contributed by atoms with E-state index >= 15 is 0 Å². The summed E-state index contributed by atoms with van der Waals surface area (Å²) in [5.74, 6) is 0. The Kier molecular flexibility index (Phi) is 8.34. The van der Waals surface area contributed by atoms with Crippen LogP contribution in [0, 0.1) is 0 Å². The molecule has 4 heterocycles. The first kappa shape index (κ1) is 43.3. The molecule has 366 valence electrons. The summed E-state index contributed by atoms with van der Waals surface area (Å²) in [7, 11) is 0. The molecule has 78 heavy (non-hydrogen) atoms. The number of rotatable bonds is 3. The van der Waals surface area contributed by atoms with E-state index in [0.717, 1.165) is 0 Å². The van der Waals surface area contributed by atoms with Crippen molar-refractivity contribution in [3.63, 3.8) is 0 Å². The maximum atomic E-state index is 2.58. The molecule has 18 rings (SSSR count). The molecule has 2 aliphatic carbocycles. The quantitative estimate of drug-likeness (QED) is 0.167. The molecule has 0 atom stereocenters. The van der Waals surface area contributed by atoms with E-state index < -0.39 is 0 Å². The topological polar surface area (TPSA) is 9.86 Å². The third-order valence-electron chi connectivity index (χ3n) is 18.5. The van der Waals surface area contributed by atoms with Crippen LogP contribution in [-0.4, -0.2) is 9.13 Å². The molecule has 2 aliphatic rings. The summed E-state index contributed by atoms with van der Waals surface area (Å²) in [6, 6.07) is 83.4. The number of fused-ring (bicyclic) bond motifs is 25. The molecule has 12 aromatic carbocycles. The Morgan fingerprint density at radius 3 is 1.58 bits per heavy atom. The van der Waals surface area contributed by atoms with E-state index in [9.17, 15) is 0 Å². The van der Waals surface area contributed by atoms with E-state index in [1.165, 1.54) is 173 Å². The normalized spacial score (nSPS) is 14.4. The van der Waals surface area contributed by atoms with E-state index in [1.54, 1.807) is 0 Å². The number of nitrogens with zero attached hydrogens (tertiary/aromatic N) is 2. The van der Waals surface area contributed by atoms with E-state index in [2.05, 4.69) is 255 Å². The van der Waals surface area contributed by atoms with Gasteiger partial charge in [0.2, 0.25) is 0 Å². The highest BCUT2D eigenvalue weighted by Crippen LogP contribution is 2.54. The van der Waals surface area contributed by atoms with E-state index in [1.807, 2.05) is 22.7 Å². The third-order valence-corrected chi connectivity index (χ3v) is 20.9. The highest BCUT2D eigenvalue weighted by Gasteiger charge is 2.37. The maximum Gasteiger partial charge on any atom is 0.0719 e. The molecule has 16 aromatic rings. The number of hydrogen-bond donors (Lipinski definition) is 0. The number of thiophene rings is 2. The van der Waals surface area contributed by atoms with Crippen molar-refractivity contribution in [2.75, 3.05) is 0 Å². The largest absolute Gasteiger partial charge is 0.309 e. The van der Waals surface area contributed by atoms with E-state index in [4.69, 9.17) is 0 Å². The first-order valence-corrected chi connectivity index (χ1v) is 29.0. The highest BCUT2D eigenvalue weighted by molar-refractivity contribution is 7.27. The molecule has 0 N–H and O–H groups in total. The van der Waals surface area contributed by atoms with Gasteiger partial charge in [-0.15, -0.1) is 22.7 Å². The van der Waals surface area contributed by atoms with Crippen molar-refractivity contribution in [2.24, 2.45) is 0 Å². The Balaban J connectivity index is 0.868. The molecule has 4 aromatic heterocycles. The van der Waals surface area contributed by atoms with Crippen molar-refractivity contribution in [2.45, 2.75) is 38.5 Å². The Hall–Kier alpha value is -8.80. The van der Waals surface area contributed by atoms with Crippen LogP contribution in [0.4, 0.5) is 0 Å². The van der Waals surface area contributed by atoms with Crippen molar-refractivity contribution in [3.05, 3.63) is 241 Å². The summed E-state index contributed by atoms with van der Waals surface area (Å²) >= 11 is 3.86. The average Bonchev–Trinajstić information content (AvgIpc) is 4.50. The van der Waals surface area contributed by atoms with Crippen molar-refractivity contribution in [1.82, 2.24) is 9.13 Å². The summed E-state index contributed by atoms with van der Waals surface area (Å²) in [5.41, 5.74) is 20.7. The van der Waals surface area contributed by atoms with Gasteiger partial charge in [-0.1, -0.05) is 191 Å². The second-order valence-corrected chi connectivity index (χ2v) is 25.2. The second kappa shape index (κ2) is 15.0. The standard InChI is InChI=1S/C74H48N2S2/c1-73(2)58-24-11-7-16-46(58)55-39-42(29-34-60(55)73)75-62-26-13-9-21-53(62)68-69(75)51-20-6-5-19-50(51)67-57-38-41(28-37-65(57)78-72(67)68)44-22-15-23-49-45(44)33-36-63-66(49)54-32-31-52-48-18-10-14-27-64(48)77-71(52)70(54)76(63)43-30-35-61-56(40-43)47-17-8-12-25-59(47)74(61,3)4/h5-40H,1-4H3. The fourth-order valence-electron chi connectivity index (χ4n) is 15.0. The summed E-state index contributed by atoms with van der Waals surface area (Å²) in [5, 5.41) is 15.6. The van der Waals surface area contributed by atoms with Crippen molar-refractivity contribution < 1.29 is 0 Å². The van der Waals surface area contributed by atoms with E-state index in [-0.39, 0.29) is 10.8 Å². The Morgan fingerprint density at radius 1 is 0.295 bits per heavy atom. The zero-order valence-electron chi connectivity index (χ0n) is 43.5. The molecule has 0 saturated heterocycles. The van der Waals surface area contributed by atoms with Crippen molar-refractivity contribution >= 4 is 128 Å². The summed E-state index contributed by atoms with van der Waals surface area (Å²) in [6.07, 6.45) is 0. The summed E-state index contributed by atoms with van der Waals surface area (Å²) < 4.78 is 10.4. The van der Waals surface area contributed by atoms with Gasteiger partial charge in [-0.05, 0) is 126 Å². The third kappa shape index (κ3) is 5.42. The first-order valence-electron chi connectivity index (χ1n) is 27.3. The molecular formula is C74H48N2S2. The van der Waals surface area contributed by atoms with Crippen LogP contribution < -0.4 is 0 Å². The van der Waals surface area contributed by atoms with Crippen LogP contribution in [0.1, 0.15) is 49.9 Å². The molecule has 2 nitrogen and oxygen atoms in total. The van der Waals surface area contributed by atoms with Gasteiger partial charge in [-0.2, -0.15) is 0 Å². The fraction of sp³-hybridized carbons (Fsp3) is 0.0811. The minimum Gasteiger partial charge on any atom is -0.309 e. The van der Waals surface area contributed by atoms with Gasteiger partial charge in [-0.3, -0.25) is 0 Å². The van der Waals surface area contributed by atoms with Gasteiger partial charge >= 0.3 is 0 Å². The Labute approximate surface area is 458 Å². The van der Waals surface area contributed by atoms with Crippen LogP contribution in [-0.2, 0) is 10.8 Å². The van der Waals surface area contributed by atoms with Crippen LogP contribution in [0.25, 0.3) is 150 Å². The Morgan fingerprint density at radius 2 is 0.833 bits per heavy atom. The second-order valence-electron chi connectivity index (χ2n) is 23.1. The van der Waals surface area contributed by atoms with Crippen LogP contribution >= 0.6 is 22.7 Å². The monoisotopic (exact) mass is 1030 g/mol. The minimum absolute atomic E-state index is 0.0548. The lowest BCUT2D eigenvalue weighted by Crippen LogP contribution is -2.14. The molecule has 0 radical (unpaired) electrons. The number of para-hydroxylation sites is 1. The zero-order valence-corrected chi connectivity index (χ0v) is 45.1. The van der Waals surface area contributed by atoms with Gasteiger partial charge in [0.05, 0.1) is 26.8 Å². The molecule has 0 aliphatic heterocycles. The van der Waals surface area contributed by atoms with Gasteiger partial charge in [0.1, 0.15) is 0 Å². The fourth-order valence-corrected chi connectivity index (χ4v) is 17.5.